The molecule has 1 N–H and O–H groups in total. The molecule has 2 atom stereocenters. The van der Waals surface area contributed by atoms with E-state index in [4.69, 9.17) is 0 Å². The number of aryl methyl sites for hydroxylation is 1. The Balaban J connectivity index is 1.97. The van der Waals surface area contributed by atoms with Crippen molar-refractivity contribution in [1.82, 2.24) is 15.3 Å². The van der Waals surface area contributed by atoms with Crippen LogP contribution in [0.2, 0.25) is 0 Å². The predicted octanol–water partition coefficient (Wildman–Crippen LogP) is 2.86. The summed E-state index contributed by atoms with van der Waals surface area (Å²) in [6.45, 7) is 0. The van der Waals surface area contributed by atoms with Crippen LogP contribution in [-0.4, -0.2) is 17.0 Å². The third kappa shape index (κ3) is 2.38. The number of likely N-dealkylation sites (N-methyl/N-ethyl adjacent to an activating group) is 1. The van der Waals surface area contributed by atoms with Crippen molar-refractivity contribution in [3.05, 3.63) is 59.7 Å². The molecule has 2 aromatic rings. The van der Waals surface area contributed by atoms with Gasteiger partial charge in [-0.15, -0.1) is 0 Å². The number of nitrogens with zero attached hydrogens (tertiary/aromatic N) is 2. The van der Waals surface area contributed by atoms with Gasteiger partial charge in [0.25, 0.3) is 0 Å². The van der Waals surface area contributed by atoms with Gasteiger partial charge in [0, 0.05) is 24.0 Å². The first-order valence-corrected chi connectivity index (χ1v) is 6.92. The lowest BCUT2D eigenvalue weighted by Gasteiger charge is -2.30. The number of hydrogen-bond acceptors (Lipinski definition) is 3. The maximum absolute atomic E-state index is 4.63. The quantitative estimate of drug-likeness (QED) is 0.914. The maximum atomic E-state index is 4.63. The van der Waals surface area contributed by atoms with Gasteiger partial charge >= 0.3 is 0 Å². The van der Waals surface area contributed by atoms with Crippen LogP contribution in [0.15, 0.2) is 42.7 Å². The van der Waals surface area contributed by atoms with Crippen LogP contribution < -0.4 is 5.32 Å². The second kappa shape index (κ2) is 5.49. The van der Waals surface area contributed by atoms with Crippen LogP contribution in [0.1, 0.15) is 41.8 Å². The highest BCUT2D eigenvalue weighted by Crippen LogP contribution is 2.38. The first kappa shape index (κ1) is 12.3. The molecule has 0 bridgehead atoms. The fourth-order valence-corrected chi connectivity index (χ4v) is 3.08. The van der Waals surface area contributed by atoms with Crippen molar-refractivity contribution in [3.8, 4) is 0 Å². The summed E-state index contributed by atoms with van der Waals surface area (Å²) in [6, 6.07) is 10.6. The highest BCUT2D eigenvalue weighted by atomic mass is 14.9. The van der Waals surface area contributed by atoms with E-state index in [0.717, 1.165) is 12.1 Å². The average Bonchev–Trinajstić information content (AvgIpc) is 2.49. The van der Waals surface area contributed by atoms with E-state index < -0.39 is 0 Å². The molecule has 2 aromatic heterocycles. The minimum atomic E-state index is 0.246. The van der Waals surface area contributed by atoms with Gasteiger partial charge in [0.15, 0.2) is 0 Å². The summed E-state index contributed by atoms with van der Waals surface area (Å²) in [5, 5.41) is 3.43. The Morgan fingerprint density at radius 1 is 1.16 bits per heavy atom. The number of fused-ring (bicyclic) bond motifs is 1. The average molecular weight is 253 g/mol. The Labute approximate surface area is 114 Å². The number of hydrogen-bond donors (Lipinski definition) is 1. The molecule has 1 aliphatic rings. The fraction of sp³-hybridized carbons (Fsp3) is 0.375. The van der Waals surface area contributed by atoms with Crippen LogP contribution in [0.5, 0.6) is 0 Å². The van der Waals surface area contributed by atoms with Crippen LogP contribution in [0, 0.1) is 0 Å². The van der Waals surface area contributed by atoms with Crippen LogP contribution in [0.4, 0.5) is 0 Å². The predicted molar refractivity (Wildman–Crippen MR) is 76.0 cm³/mol. The smallest absolute Gasteiger partial charge is 0.0579 e. The molecule has 3 heteroatoms. The molecular weight excluding hydrogens is 234 g/mol. The molecule has 3 rings (SSSR count). The Bertz CT molecular complexity index is 539. The van der Waals surface area contributed by atoms with Gasteiger partial charge in [-0.05, 0) is 50.1 Å². The summed E-state index contributed by atoms with van der Waals surface area (Å²) >= 11 is 0. The summed E-state index contributed by atoms with van der Waals surface area (Å²) in [5.74, 6) is 0.421. The lowest BCUT2D eigenvalue weighted by Crippen LogP contribution is -2.28. The molecule has 0 radical (unpaired) electrons. The maximum Gasteiger partial charge on any atom is 0.0579 e. The van der Waals surface area contributed by atoms with Crippen molar-refractivity contribution in [2.75, 3.05) is 7.05 Å². The number of nitrogens with one attached hydrogen (secondary N) is 1. The molecule has 0 fully saturated rings. The van der Waals surface area contributed by atoms with E-state index in [2.05, 4.69) is 33.5 Å². The molecule has 3 nitrogen and oxygen atoms in total. The van der Waals surface area contributed by atoms with E-state index in [9.17, 15) is 0 Å². The second-order valence-corrected chi connectivity index (χ2v) is 5.07. The molecule has 98 valence electrons. The minimum Gasteiger partial charge on any atom is -0.311 e. The van der Waals surface area contributed by atoms with Gasteiger partial charge in [-0.25, -0.2) is 0 Å². The van der Waals surface area contributed by atoms with Crippen LogP contribution in [0.25, 0.3) is 0 Å². The third-order valence-corrected chi connectivity index (χ3v) is 3.96. The highest BCUT2D eigenvalue weighted by Gasteiger charge is 2.29. The van der Waals surface area contributed by atoms with E-state index in [1.807, 2.05) is 31.6 Å². The monoisotopic (exact) mass is 253 g/mol. The Hall–Kier alpha value is -1.74. The van der Waals surface area contributed by atoms with Gasteiger partial charge in [-0.2, -0.15) is 0 Å². The van der Waals surface area contributed by atoms with E-state index in [-0.39, 0.29) is 6.04 Å². The zero-order valence-electron chi connectivity index (χ0n) is 11.2. The third-order valence-electron chi connectivity index (χ3n) is 3.96. The molecule has 0 aliphatic heterocycles. The fourth-order valence-electron chi connectivity index (χ4n) is 3.08. The second-order valence-electron chi connectivity index (χ2n) is 5.07. The van der Waals surface area contributed by atoms with Crippen molar-refractivity contribution >= 4 is 0 Å². The SMILES string of the molecule is CNC(c1ccccn1)C1CCCc2cccnc21. The van der Waals surface area contributed by atoms with Gasteiger partial charge in [0.05, 0.1) is 11.7 Å². The number of pyridine rings is 2. The molecule has 1 aliphatic carbocycles. The lowest BCUT2D eigenvalue weighted by molar-refractivity contribution is 0.409. The molecule has 0 saturated carbocycles. The minimum absolute atomic E-state index is 0.246. The van der Waals surface area contributed by atoms with Gasteiger partial charge in [0.1, 0.15) is 0 Å². The molecule has 0 spiro atoms. The molecule has 0 aromatic carbocycles. The van der Waals surface area contributed by atoms with Crippen LogP contribution in [0.3, 0.4) is 0 Å². The van der Waals surface area contributed by atoms with E-state index in [1.54, 1.807) is 0 Å². The molecule has 0 saturated heterocycles. The van der Waals surface area contributed by atoms with Crippen LogP contribution in [-0.2, 0) is 6.42 Å². The summed E-state index contributed by atoms with van der Waals surface area (Å²) in [4.78, 5) is 9.14. The molecular formula is C16H19N3. The first-order valence-electron chi connectivity index (χ1n) is 6.92. The van der Waals surface area contributed by atoms with Gasteiger partial charge in [-0.3, -0.25) is 9.97 Å². The van der Waals surface area contributed by atoms with Gasteiger partial charge in [0.2, 0.25) is 0 Å². The first-order chi connectivity index (χ1) is 9.40. The van der Waals surface area contributed by atoms with Crippen molar-refractivity contribution in [2.24, 2.45) is 0 Å². The van der Waals surface area contributed by atoms with Crippen molar-refractivity contribution < 1.29 is 0 Å². The van der Waals surface area contributed by atoms with E-state index in [1.165, 1.54) is 24.1 Å². The summed E-state index contributed by atoms with van der Waals surface area (Å²) in [5.41, 5.74) is 3.75. The molecule has 0 amide bonds. The van der Waals surface area contributed by atoms with Crippen molar-refractivity contribution in [2.45, 2.75) is 31.2 Å². The van der Waals surface area contributed by atoms with E-state index >= 15 is 0 Å². The zero-order chi connectivity index (χ0) is 13.1. The Morgan fingerprint density at radius 3 is 2.84 bits per heavy atom. The summed E-state index contributed by atoms with van der Waals surface area (Å²) < 4.78 is 0. The van der Waals surface area contributed by atoms with Crippen molar-refractivity contribution in [3.63, 3.8) is 0 Å². The van der Waals surface area contributed by atoms with Crippen molar-refractivity contribution in [1.29, 1.82) is 0 Å². The summed E-state index contributed by atoms with van der Waals surface area (Å²) in [6.07, 6.45) is 7.32. The normalized spacial score (nSPS) is 19.7. The molecule has 2 unspecified atom stereocenters. The topological polar surface area (TPSA) is 37.8 Å². The highest BCUT2D eigenvalue weighted by molar-refractivity contribution is 5.29. The van der Waals surface area contributed by atoms with Gasteiger partial charge in [-0.1, -0.05) is 12.1 Å². The number of rotatable bonds is 3. The largest absolute Gasteiger partial charge is 0.311 e. The standard InChI is InChI=1S/C16H19N3/c1-17-16(14-9-2-3-10-18-14)13-8-4-6-12-7-5-11-19-15(12)13/h2-3,5,7,9-11,13,16-17H,4,6,8H2,1H3. The van der Waals surface area contributed by atoms with Crippen LogP contribution >= 0.6 is 0 Å². The zero-order valence-corrected chi connectivity index (χ0v) is 11.2. The Morgan fingerprint density at radius 2 is 2.05 bits per heavy atom. The number of aromatic nitrogens is 2. The Kier molecular flexibility index (Phi) is 3.56. The lowest BCUT2D eigenvalue weighted by atomic mass is 9.81. The molecule has 19 heavy (non-hydrogen) atoms. The summed E-state index contributed by atoms with van der Waals surface area (Å²) in [7, 11) is 2.01. The van der Waals surface area contributed by atoms with E-state index in [0.29, 0.717) is 5.92 Å². The van der Waals surface area contributed by atoms with Gasteiger partial charge < -0.3 is 5.32 Å². The molecule has 2 heterocycles.